The molecule has 2 aromatic rings. The molecule has 0 spiro atoms. The Morgan fingerprint density at radius 3 is 2.57 bits per heavy atom. The summed E-state index contributed by atoms with van der Waals surface area (Å²) in [5.41, 5.74) is 0.260. The summed E-state index contributed by atoms with van der Waals surface area (Å²) in [5, 5.41) is 13.7. The van der Waals surface area contributed by atoms with Gasteiger partial charge < -0.3 is 5.32 Å². The number of benzene rings is 1. The quantitative estimate of drug-likeness (QED) is 0.679. The molecular weight excluding hydrogens is 280 g/mol. The van der Waals surface area contributed by atoms with E-state index in [9.17, 15) is 18.9 Å². The van der Waals surface area contributed by atoms with E-state index in [0.717, 1.165) is 11.6 Å². The van der Waals surface area contributed by atoms with Crippen LogP contribution in [0.1, 0.15) is 24.1 Å². The Morgan fingerprint density at radius 2 is 1.95 bits per heavy atom. The van der Waals surface area contributed by atoms with Crippen LogP contribution in [0.25, 0.3) is 0 Å². The lowest BCUT2D eigenvalue weighted by Gasteiger charge is -2.14. The first-order valence-electron chi connectivity index (χ1n) is 6.24. The van der Waals surface area contributed by atoms with Crippen LogP contribution in [0.2, 0.25) is 0 Å². The average molecular weight is 293 g/mol. The summed E-state index contributed by atoms with van der Waals surface area (Å²) in [4.78, 5) is 13.7. The number of rotatable bonds is 5. The molecule has 0 saturated heterocycles. The van der Waals surface area contributed by atoms with E-state index >= 15 is 0 Å². The molecule has 1 aromatic heterocycles. The molecule has 0 bridgehead atoms. The Labute approximate surface area is 119 Å². The fourth-order valence-electron chi connectivity index (χ4n) is 1.89. The van der Waals surface area contributed by atoms with E-state index < -0.39 is 22.2 Å². The number of nitro groups is 1. The maximum absolute atomic E-state index is 13.6. The number of hydrogen-bond acceptors (Lipinski definition) is 4. The van der Waals surface area contributed by atoms with Crippen molar-refractivity contribution in [2.24, 2.45) is 0 Å². The summed E-state index contributed by atoms with van der Waals surface area (Å²) in [7, 11) is 0. The summed E-state index contributed by atoms with van der Waals surface area (Å²) in [6.45, 7) is 1.92. The van der Waals surface area contributed by atoms with Crippen molar-refractivity contribution in [3.8, 4) is 0 Å². The predicted molar refractivity (Wildman–Crippen MR) is 72.5 cm³/mol. The molecule has 1 heterocycles. The van der Waals surface area contributed by atoms with E-state index in [0.29, 0.717) is 6.07 Å². The maximum atomic E-state index is 13.6. The van der Waals surface area contributed by atoms with Crippen molar-refractivity contribution in [3.05, 3.63) is 69.5 Å². The van der Waals surface area contributed by atoms with Crippen molar-refractivity contribution in [1.29, 1.82) is 0 Å². The van der Waals surface area contributed by atoms with Crippen LogP contribution in [-0.4, -0.2) is 9.91 Å². The van der Waals surface area contributed by atoms with Crippen LogP contribution < -0.4 is 5.32 Å². The Kier molecular flexibility index (Phi) is 4.54. The van der Waals surface area contributed by atoms with E-state index in [4.69, 9.17) is 0 Å². The van der Waals surface area contributed by atoms with E-state index in [1.807, 2.05) is 6.92 Å². The number of nitrogens with one attached hydrogen (secondary N) is 1. The van der Waals surface area contributed by atoms with Gasteiger partial charge in [0.15, 0.2) is 0 Å². The van der Waals surface area contributed by atoms with Crippen LogP contribution in [0.3, 0.4) is 0 Å². The predicted octanol–water partition coefficient (Wildman–Crippen LogP) is 3.12. The van der Waals surface area contributed by atoms with Gasteiger partial charge in [0.2, 0.25) is 5.82 Å². The zero-order valence-electron chi connectivity index (χ0n) is 11.2. The van der Waals surface area contributed by atoms with Crippen molar-refractivity contribution >= 4 is 5.69 Å². The highest BCUT2D eigenvalue weighted by Crippen LogP contribution is 2.22. The third-order valence-corrected chi connectivity index (χ3v) is 3.12. The number of nitrogens with zero attached hydrogens (tertiary/aromatic N) is 2. The van der Waals surface area contributed by atoms with Gasteiger partial charge in [-0.05, 0) is 24.6 Å². The number of pyridine rings is 1. The van der Waals surface area contributed by atoms with E-state index in [1.54, 1.807) is 24.5 Å². The zero-order valence-corrected chi connectivity index (χ0v) is 11.2. The van der Waals surface area contributed by atoms with Crippen molar-refractivity contribution in [1.82, 2.24) is 10.3 Å². The highest BCUT2D eigenvalue weighted by atomic mass is 19.1. The van der Waals surface area contributed by atoms with Gasteiger partial charge in [-0.2, -0.15) is 4.39 Å². The SMILES string of the molecule is CC(NCc1cc([N+](=O)[O-])c(F)cc1F)c1ccncc1. The van der Waals surface area contributed by atoms with Crippen LogP contribution in [-0.2, 0) is 6.54 Å². The molecule has 0 fully saturated rings. The first-order chi connectivity index (χ1) is 9.99. The summed E-state index contributed by atoms with van der Waals surface area (Å²) in [6.07, 6.45) is 3.27. The van der Waals surface area contributed by atoms with Gasteiger partial charge in [-0.1, -0.05) is 0 Å². The largest absolute Gasteiger partial charge is 0.306 e. The fraction of sp³-hybridized carbons (Fsp3) is 0.214. The average Bonchev–Trinajstić information content (AvgIpc) is 2.46. The molecule has 0 aliphatic heterocycles. The van der Waals surface area contributed by atoms with Crippen LogP contribution in [0.4, 0.5) is 14.5 Å². The fourth-order valence-corrected chi connectivity index (χ4v) is 1.89. The minimum atomic E-state index is -1.18. The minimum absolute atomic E-state index is 0.0454. The number of halogens is 2. The molecule has 110 valence electrons. The zero-order chi connectivity index (χ0) is 15.4. The lowest BCUT2D eigenvalue weighted by Crippen LogP contribution is -2.19. The van der Waals surface area contributed by atoms with Gasteiger partial charge in [0.25, 0.3) is 0 Å². The van der Waals surface area contributed by atoms with Gasteiger partial charge in [-0.3, -0.25) is 15.1 Å². The molecule has 0 aliphatic rings. The molecule has 0 aliphatic carbocycles. The van der Waals surface area contributed by atoms with E-state index in [-0.39, 0.29) is 18.2 Å². The molecule has 1 unspecified atom stereocenters. The van der Waals surface area contributed by atoms with Gasteiger partial charge >= 0.3 is 5.69 Å². The second-order valence-corrected chi connectivity index (χ2v) is 4.54. The standard InChI is InChI=1S/C14H13F2N3O2/c1-9(10-2-4-17-5-3-10)18-8-11-6-14(19(20)21)13(16)7-12(11)15/h2-7,9,18H,8H2,1H3. The van der Waals surface area contributed by atoms with Crippen molar-refractivity contribution in [3.63, 3.8) is 0 Å². The molecule has 2 rings (SSSR count). The number of nitro benzene ring substituents is 1. The summed E-state index contributed by atoms with van der Waals surface area (Å²) < 4.78 is 26.9. The Bertz CT molecular complexity index is 650. The normalized spacial score (nSPS) is 12.1. The molecule has 0 amide bonds. The van der Waals surface area contributed by atoms with Gasteiger partial charge in [-0.25, -0.2) is 4.39 Å². The Hall–Kier alpha value is -2.41. The minimum Gasteiger partial charge on any atom is -0.306 e. The molecule has 1 aromatic carbocycles. The van der Waals surface area contributed by atoms with E-state index in [1.165, 1.54) is 0 Å². The lowest BCUT2D eigenvalue weighted by molar-refractivity contribution is -0.387. The molecule has 1 atom stereocenters. The van der Waals surface area contributed by atoms with Gasteiger partial charge in [-0.15, -0.1) is 0 Å². The van der Waals surface area contributed by atoms with Crippen molar-refractivity contribution < 1.29 is 13.7 Å². The maximum Gasteiger partial charge on any atom is 0.305 e. The van der Waals surface area contributed by atoms with E-state index in [2.05, 4.69) is 10.3 Å². The second-order valence-electron chi connectivity index (χ2n) is 4.54. The topological polar surface area (TPSA) is 68.1 Å². The molecule has 0 saturated carbocycles. The second kappa shape index (κ2) is 6.36. The molecule has 5 nitrogen and oxygen atoms in total. The molecule has 21 heavy (non-hydrogen) atoms. The Morgan fingerprint density at radius 1 is 1.29 bits per heavy atom. The summed E-state index contributed by atoms with van der Waals surface area (Å²) in [6, 6.07) is 4.96. The first-order valence-corrected chi connectivity index (χ1v) is 6.24. The lowest BCUT2D eigenvalue weighted by atomic mass is 10.1. The van der Waals surface area contributed by atoms with Crippen LogP contribution >= 0.6 is 0 Å². The van der Waals surface area contributed by atoms with Gasteiger partial charge in [0, 0.05) is 42.7 Å². The third-order valence-electron chi connectivity index (χ3n) is 3.12. The van der Waals surface area contributed by atoms with Crippen molar-refractivity contribution in [2.45, 2.75) is 19.5 Å². The van der Waals surface area contributed by atoms with Gasteiger partial charge in [0.1, 0.15) is 5.82 Å². The number of aromatic nitrogens is 1. The smallest absolute Gasteiger partial charge is 0.305 e. The molecule has 1 N–H and O–H groups in total. The van der Waals surface area contributed by atoms with Crippen LogP contribution in [0.15, 0.2) is 36.7 Å². The highest BCUT2D eigenvalue weighted by Gasteiger charge is 2.18. The summed E-state index contributed by atoms with van der Waals surface area (Å²) >= 11 is 0. The van der Waals surface area contributed by atoms with Gasteiger partial charge in [0.05, 0.1) is 4.92 Å². The molecule has 7 heteroatoms. The molecular formula is C14H13F2N3O2. The van der Waals surface area contributed by atoms with Crippen LogP contribution in [0, 0.1) is 21.7 Å². The first kappa shape index (κ1) is 15.0. The summed E-state index contributed by atoms with van der Waals surface area (Å²) in [5.74, 6) is -1.99. The monoisotopic (exact) mass is 293 g/mol. The number of hydrogen-bond donors (Lipinski definition) is 1. The van der Waals surface area contributed by atoms with Crippen LogP contribution in [0.5, 0.6) is 0 Å². The molecule has 0 radical (unpaired) electrons. The Balaban J connectivity index is 2.13. The third kappa shape index (κ3) is 3.57. The van der Waals surface area contributed by atoms with Crippen molar-refractivity contribution in [2.75, 3.05) is 0 Å². The highest BCUT2D eigenvalue weighted by molar-refractivity contribution is 5.37.